The SMILES string of the molecule is Cc1ccc(-n2ncc3c(NCc4cccnc4)ncnc32)cc1Cl. The van der Waals surface area contributed by atoms with Crippen LogP contribution in [-0.2, 0) is 6.54 Å². The highest BCUT2D eigenvalue weighted by Crippen LogP contribution is 2.24. The van der Waals surface area contributed by atoms with Crippen molar-refractivity contribution in [2.45, 2.75) is 13.5 Å². The molecule has 0 unspecified atom stereocenters. The molecule has 0 fully saturated rings. The molecule has 124 valence electrons. The van der Waals surface area contributed by atoms with Crippen molar-refractivity contribution in [2.75, 3.05) is 5.32 Å². The number of anilines is 1. The predicted molar refractivity (Wildman–Crippen MR) is 98.0 cm³/mol. The van der Waals surface area contributed by atoms with Gasteiger partial charge in [-0.25, -0.2) is 14.6 Å². The Bertz CT molecular complexity index is 1030. The first-order chi connectivity index (χ1) is 12.2. The summed E-state index contributed by atoms with van der Waals surface area (Å²) in [5.41, 5.74) is 3.69. The number of hydrogen-bond donors (Lipinski definition) is 1. The number of fused-ring (bicyclic) bond motifs is 1. The van der Waals surface area contributed by atoms with Crippen LogP contribution in [0.5, 0.6) is 0 Å². The summed E-state index contributed by atoms with van der Waals surface area (Å²) in [7, 11) is 0. The van der Waals surface area contributed by atoms with Crippen LogP contribution < -0.4 is 5.32 Å². The van der Waals surface area contributed by atoms with Gasteiger partial charge in [0.15, 0.2) is 5.65 Å². The summed E-state index contributed by atoms with van der Waals surface area (Å²) in [6.45, 7) is 2.59. The zero-order valence-electron chi connectivity index (χ0n) is 13.5. The molecule has 4 aromatic rings. The van der Waals surface area contributed by atoms with Gasteiger partial charge >= 0.3 is 0 Å². The molecule has 0 saturated carbocycles. The van der Waals surface area contributed by atoms with Crippen LogP contribution in [0.15, 0.2) is 55.2 Å². The molecule has 0 atom stereocenters. The lowest BCUT2D eigenvalue weighted by molar-refractivity contribution is 0.894. The topological polar surface area (TPSA) is 68.5 Å². The van der Waals surface area contributed by atoms with Gasteiger partial charge in [0, 0.05) is 24.0 Å². The third-order valence-electron chi connectivity index (χ3n) is 3.95. The Kier molecular flexibility index (Phi) is 4.03. The molecule has 0 amide bonds. The first-order valence-corrected chi connectivity index (χ1v) is 8.18. The molecule has 7 heteroatoms. The monoisotopic (exact) mass is 350 g/mol. The number of rotatable bonds is 4. The minimum absolute atomic E-state index is 0.626. The molecule has 0 radical (unpaired) electrons. The highest BCUT2D eigenvalue weighted by atomic mass is 35.5. The minimum Gasteiger partial charge on any atom is -0.365 e. The Labute approximate surface area is 149 Å². The lowest BCUT2D eigenvalue weighted by Gasteiger charge is -2.07. The highest BCUT2D eigenvalue weighted by Gasteiger charge is 2.11. The van der Waals surface area contributed by atoms with E-state index in [1.54, 1.807) is 17.1 Å². The van der Waals surface area contributed by atoms with E-state index in [0.717, 1.165) is 33.7 Å². The lowest BCUT2D eigenvalue weighted by Crippen LogP contribution is -2.03. The number of nitrogens with zero attached hydrogens (tertiary/aromatic N) is 5. The van der Waals surface area contributed by atoms with Gasteiger partial charge in [-0.15, -0.1) is 0 Å². The van der Waals surface area contributed by atoms with E-state index >= 15 is 0 Å². The van der Waals surface area contributed by atoms with Crippen LogP contribution in [0, 0.1) is 6.92 Å². The Morgan fingerprint density at radius 2 is 2.08 bits per heavy atom. The van der Waals surface area contributed by atoms with Gasteiger partial charge in [0.2, 0.25) is 0 Å². The van der Waals surface area contributed by atoms with E-state index in [1.165, 1.54) is 6.33 Å². The summed E-state index contributed by atoms with van der Waals surface area (Å²) < 4.78 is 1.76. The van der Waals surface area contributed by atoms with Gasteiger partial charge in [-0.1, -0.05) is 23.7 Å². The van der Waals surface area contributed by atoms with E-state index in [9.17, 15) is 0 Å². The van der Waals surface area contributed by atoms with Gasteiger partial charge in [-0.2, -0.15) is 5.10 Å². The fourth-order valence-corrected chi connectivity index (χ4v) is 2.75. The number of halogens is 1. The second-order valence-electron chi connectivity index (χ2n) is 5.66. The van der Waals surface area contributed by atoms with E-state index in [0.29, 0.717) is 11.6 Å². The maximum absolute atomic E-state index is 6.24. The van der Waals surface area contributed by atoms with Crippen molar-refractivity contribution in [1.29, 1.82) is 0 Å². The quantitative estimate of drug-likeness (QED) is 0.606. The van der Waals surface area contributed by atoms with Gasteiger partial charge in [0.1, 0.15) is 12.1 Å². The summed E-state index contributed by atoms with van der Waals surface area (Å²) in [6, 6.07) is 9.74. The molecule has 0 aliphatic heterocycles. The van der Waals surface area contributed by atoms with Crippen molar-refractivity contribution in [3.8, 4) is 5.69 Å². The Balaban J connectivity index is 1.69. The lowest BCUT2D eigenvalue weighted by atomic mass is 10.2. The number of hydrogen-bond acceptors (Lipinski definition) is 5. The molecule has 1 N–H and O–H groups in total. The maximum Gasteiger partial charge on any atom is 0.168 e. The Morgan fingerprint density at radius 1 is 1.16 bits per heavy atom. The van der Waals surface area contributed by atoms with Crippen LogP contribution >= 0.6 is 11.6 Å². The zero-order valence-corrected chi connectivity index (χ0v) is 14.3. The number of aromatic nitrogens is 5. The second kappa shape index (κ2) is 6.49. The number of nitrogens with one attached hydrogen (secondary N) is 1. The fraction of sp³-hybridized carbons (Fsp3) is 0.111. The van der Waals surface area contributed by atoms with Gasteiger partial charge in [0.05, 0.1) is 17.3 Å². The average molecular weight is 351 g/mol. The molecule has 0 aliphatic rings. The molecule has 0 aliphatic carbocycles. The van der Waals surface area contributed by atoms with Crippen molar-refractivity contribution in [3.05, 3.63) is 71.4 Å². The smallest absolute Gasteiger partial charge is 0.168 e. The van der Waals surface area contributed by atoms with Crippen molar-refractivity contribution in [3.63, 3.8) is 0 Å². The first-order valence-electron chi connectivity index (χ1n) is 7.80. The van der Waals surface area contributed by atoms with Gasteiger partial charge in [-0.05, 0) is 36.2 Å². The number of pyridine rings is 1. The molecule has 1 aromatic carbocycles. The maximum atomic E-state index is 6.24. The molecular weight excluding hydrogens is 336 g/mol. The van der Waals surface area contributed by atoms with Crippen LogP contribution in [0.4, 0.5) is 5.82 Å². The molecule has 6 nitrogen and oxygen atoms in total. The van der Waals surface area contributed by atoms with Gasteiger partial charge in [0.25, 0.3) is 0 Å². The summed E-state index contributed by atoms with van der Waals surface area (Å²) in [5, 5.41) is 9.32. The van der Waals surface area contributed by atoms with E-state index in [2.05, 4.69) is 25.4 Å². The van der Waals surface area contributed by atoms with Crippen LogP contribution in [0.25, 0.3) is 16.7 Å². The molecule has 0 saturated heterocycles. The Hall–Kier alpha value is -2.99. The molecule has 4 rings (SSSR count). The number of benzene rings is 1. The van der Waals surface area contributed by atoms with Crippen LogP contribution in [-0.4, -0.2) is 24.7 Å². The van der Waals surface area contributed by atoms with Crippen molar-refractivity contribution in [1.82, 2.24) is 24.7 Å². The largest absolute Gasteiger partial charge is 0.365 e. The van der Waals surface area contributed by atoms with Crippen LogP contribution in [0.1, 0.15) is 11.1 Å². The highest BCUT2D eigenvalue weighted by molar-refractivity contribution is 6.31. The summed E-state index contributed by atoms with van der Waals surface area (Å²) in [4.78, 5) is 12.8. The normalized spacial score (nSPS) is 11.0. The van der Waals surface area contributed by atoms with Crippen LogP contribution in [0.2, 0.25) is 5.02 Å². The zero-order chi connectivity index (χ0) is 17.2. The molecule has 3 heterocycles. The third-order valence-corrected chi connectivity index (χ3v) is 4.36. The molecular formula is C18H15ClN6. The van der Waals surface area contributed by atoms with Crippen molar-refractivity contribution < 1.29 is 0 Å². The van der Waals surface area contributed by atoms with Gasteiger partial charge < -0.3 is 5.32 Å². The van der Waals surface area contributed by atoms with Crippen molar-refractivity contribution in [2.24, 2.45) is 0 Å². The van der Waals surface area contributed by atoms with E-state index in [1.807, 2.05) is 43.5 Å². The summed E-state index contributed by atoms with van der Waals surface area (Å²) in [6.07, 6.45) is 6.86. The molecule has 0 spiro atoms. The summed E-state index contributed by atoms with van der Waals surface area (Å²) in [5.74, 6) is 0.735. The minimum atomic E-state index is 0.626. The fourth-order valence-electron chi connectivity index (χ4n) is 2.58. The molecule has 25 heavy (non-hydrogen) atoms. The first kappa shape index (κ1) is 15.5. The average Bonchev–Trinajstić information content (AvgIpc) is 3.08. The molecule has 0 bridgehead atoms. The van der Waals surface area contributed by atoms with E-state index < -0.39 is 0 Å². The summed E-state index contributed by atoms with van der Waals surface area (Å²) >= 11 is 6.24. The standard InChI is InChI=1S/C18H15ClN6/c1-12-4-5-14(7-16(12)19)25-18-15(10-24-25)17(22-11-23-18)21-9-13-3-2-6-20-8-13/h2-8,10-11H,9H2,1H3,(H,21,22,23). The van der Waals surface area contributed by atoms with Gasteiger partial charge in [-0.3, -0.25) is 4.98 Å². The van der Waals surface area contributed by atoms with E-state index in [-0.39, 0.29) is 0 Å². The Morgan fingerprint density at radius 3 is 2.88 bits per heavy atom. The molecule has 3 aromatic heterocycles. The van der Waals surface area contributed by atoms with E-state index in [4.69, 9.17) is 11.6 Å². The predicted octanol–water partition coefficient (Wildman–Crippen LogP) is 3.78. The van der Waals surface area contributed by atoms with Crippen molar-refractivity contribution >= 4 is 28.5 Å². The number of aryl methyl sites for hydroxylation is 1. The second-order valence-corrected chi connectivity index (χ2v) is 6.07. The van der Waals surface area contributed by atoms with Crippen LogP contribution in [0.3, 0.4) is 0 Å². The third kappa shape index (κ3) is 3.04.